The molecule has 0 aliphatic carbocycles. The van der Waals surface area contributed by atoms with Crippen molar-refractivity contribution in [3.8, 4) is 0 Å². The minimum Gasteiger partial charge on any atom is -0.467 e. The lowest BCUT2D eigenvalue weighted by Crippen LogP contribution is -2.16. The third-order valence-corrected chi connectivity index (χ3v) is 3.44. The summed E-state index contributed by atoms with van der Waals surface area (Å²) in [5, 5.41) is 3.32. The molecule has 3 aromatic rings. The maximum absolute atomic E-state index is 13.5. The first-order valence-corrected chi connectivity index (χ1v) is 6.68. The van der Waals surface area contributed by atoms with Gasteiger partial charge in [-0.05, 0) is 36.8 Å². The first-order valence-electron chi connectivity index (χ1n) is 6.68. The van der Waals surface area contributed by atoms with Crippen LogP contribution < -0.4 is 5.32 Å². The van der Waals surface area contributed by atoms with Crippen LogP contribution in [0.4, 0.5) is 10.1 Å². The Bertz CT molecular complexity index is 734. The smallest absolute Gasteiger partial charge is 0.143 e. The molecule has 2 heterocycles. The summed E-state index contributed by atoms with van der Waals surface area (Å²) in [6, 6.07) is 8.10. The number of imidazole rings is 1. The fourth-order valence-electron chi connectivity index (χ4n) is 2.28. The Morgan fingerprint density at radius 2 is 2.19 bits per heavy atom. The quantitative estimate of drug-likeness (QED) is 0.795. The number of rotatable bonds is 4. The van der Waals surface area contributed by atoms with Gasteiger partial charge >= 0.3 is 0 Å². The monoisotopic (exact) mass is 285 g/mol. The number of halogens is 1. The summed E-state index contributed by atoms with van der Waals surface area (Å²) < 4.78 is 20.9. The second kappa shape index (κ2) is 5.44. The molecule has 0 aliphatic rings. The molecule has 0 spiro atoms. The number of anilines is 1. The van der Waals surface area contributed by atoms with Crippen LogP contribution in [0.3, 0.4) is 0 Å². The number of furan rings is 1. The molecule has 1 N–H and O–H groups in total. The molecule has 1 unspecified atom stereocenters. The molecule has 108 valence electrons. The van der Waals surface area contributed by atoms with E-state index in [1.54, 1.807) is 18.5 Å². The average Bonchev–Trinajstić information content (AvgIpc) is 3.11. The van der Waals surface area contributed by atoms with Crippen molar-refractivity contribution in [1.82, 2.24) is 9.55 Å². The van der Waals surface area contributed by atoms with Crippen molar-refractivity contribution in [3.05, 3.63) is 72.0 Å². The molecule has 0 radical (unpaired) electrons. The Labute approximate surface area is 122 Å². The van der Waals surface area contributed by atoms with Gasteiger partial charge in [-0.2, -0.15) is 0 Å². The van der Waals surface area contributed by atoms with E-state index in [-0.39, 0.29) is 11.9 Å². The first-order chi connectivity index (χ1) is 10.1. The summed E-state index contributed by atoms with van der Waals surface area (Å²) in [5.74, 6) is 1.25. The predicted octanol–water partition coefficient (Wildman–Crippen LogP) is 3.66. The molecule has 3 rings (SSSR count). The van der Waals surface area contributed by atoms with Gasteiger partial charge in [-0.15, -0.1) is 0 Å². The normalized spacial score (nSPS) is 12.3. The van der Waals surface area contributed by atoms with Gasteiger partial charge < -0.3 is 14.3 Å². The highest BCUT2D eigenvalue weighted by molar-refractivity contribution is 5.53. The third-order valence-electron chi connectivity index (χ3n) is 3.44. The molecular formula is C16H16FN3O. The van der Waals surface area contributed by atoms with Gasteiger partial charge in [0.15, 0.2) is 0 Å². The van der Waals surface area contributed by atoms with E-state index in [4.69, 9.17) is 4.42 Å². The van der Waals surface area contributed by atoms with Gasteiger partial charge in [0.1, 0.15) is 23.4 Å². The van der Waals surface area contributed by atoms with E-state index >= 15 is 0 Å². The summed E-state index contributed by atoms with van der Waals surface area (Å²) in [6.45, 7) is 1.93. The zero-order valence-corrected chi connectivity index (χ0v) is 11.9. The molecule has 5 heteroatoms. The Morgan fingerprint density at radius 1 is 1.33 bits per heavy atom. The number of aromatic nitrogens is 2. The van der Waals surface area contributed by atoms with Crippen LogP contribution in [-0.4, -0.2) is 9.55 Å². The highest BCUT2D eigenvalue weighted by Crippen LogP contribution is 2.27. The maximum atomic E-state index is 13.5. The van der Waals surface area contributed by atoms with E-state index in [0.717, 1.165) is 22.8 Å². The van der Waals surface area contributed by atoms with E-state index in [1.807, 2.05) is 36.9 Å². The van der Waals surface area contributed by atoms with Gasteiger partial charge in [-0.25, -0.2) is 9.37 Å². The van der Waals surface area contributed by atoms with E-state index in [9.17, 15) is 4.39 Å². The lowest BCUT2D eigenvalue weighted by Gasteiger charge is -2.19. The lowest BCUT2D eigenvalue weighted by molar-refractivity contribution is 0.488. The van der Waals surface area contributed by atoms with E-state index < -0.39 is 0 Å². The van der Waals surface area contributed by atoms with Crippen LogP contribution in [0.5, 0.6) is 0 Å². The topological polar surface area (TPSA) is 43.0 Å². The van der Waals surface area contributed by atoms with Crippen molar-refractivity contribution in [2.75, 3.05) is 5.32 Å². The number of nitrogens with zero attached hydrogens (tertiary/aromatic N) is 2. The highest BCUT2D eigenvalue weighted by atomic mass is 19.1. The molecule has 1 aromatic carbocycles. The number of benzene rings is 1. The summed E-state index contributed by atoms with van der Waals surface area (Å²) in [4.78, 5) is 4.37. The van der Waals surface area contributed by atoms with Crippen LogP contribution in [0, 0.1) is 12.7 Å². The van der Waals surface area contributed by atoms with Crippen LogP contribution >= 0.6 is 0 Å². The Kier molecular flexibility index (Phi) is 3.48. The minimum atomic E-state index is -0.277. The van der Waals surface area contributed by atoms with Crippen LogP contribution in [0.1, 0.15) is 23.2 Å². The van der Waals surface area contributed by atoms with Crippen molar-refractivity contribution in [1.29, 1.82) is 0 Å². The van der Waals surface area contributed by atoms with Crippen LogP contribution in [-0.2, 0) is 7.05 Å². The van der Waals surface area contributed by atoms with Crippen molar-refractivity contribution in [2.24, 2.45) is 7.05 Å². The molecule has 0 fully saturated rings. The van der Waals surface area contributed by atoms with Crippen LogP contribution in [0.2, 0.25) is 0 Å². The van der Waals surface area contributed by atoms with Gasteiger partial charge in [0.25, 0.3) is 0 Å². The first kappa shape index (κ1) is 13.4. The van der Waals surface area contributed by atoms with Crippen molar-refractivity contribution in [3.63, 3.8) is 0 Å². The number of aryl methyl sites for hydroxylation is 2. The molecule has 4 nitrogen and oxygen atoms in total. The largest absolute Gasteiger partial charge is 0.467 e. The van der Waals surface area contributed by atoms with Crippen molar-refractivity contribution >= 4 is 5.69 Å². The summed E-state index contributed by atoms with van der Waals surface area (Å²) in [7, 11) is 1.92. The molecule has 0 amide bonds. The van der Waals surface area contributed by atoms with Crippen LogP contribution in [0.15, 0.2) is 53.4 Å². The molecule has 21 heavy (non-hydrogen) atoms. The van der Waals surface area contributed by atoms with Crippen molar-refractivity contribution in [2.45, 2.75) is 13.0 Å². The fourth-order valence-corrected chi connectivity index (χ4v) is 2.28. The summed E-state index contributed by atoms with van der Waals surface area (Å²) >= 11 is 0. The third kappa shape index (κ3) is 2.67. The van der Waals surface area contributed by atoms with Gasteiger partial charge in [0, 0.05) is 25.1 Å². The minimum absolute atomic E-state index is 0.277. The number of hydrogen-bond acceptors (Lipinski definition) is 3. The predicted molar refractivity (Wildman–Crippen MR) is 78.5 cm³/mol. The van der Waals surface area contributed by atoms with Crippen LogP contribution in [0.25, 0.3) is 0 Å². The SMILES string of the molecule is Cc1ccc(F)cc1NC(c1ccco1)c1nccn1C. The maximum Gasteiger partial charge on any atom is 0.143 e. The molecule has 1 atom stereocenters. The number of hydrogen-bond donors (Lipinski definition) is 1. The molecule has 2 aromatic heterocycles. The Hall–Kier alpha value is -2.56. The summed E-state index contributed by atoms with van der Waals surface area (Å²) in [5.41, 5.74) is 1.68. The zero-order chi connectivity index (χ0) is 14.8. The molecule has 0 bridgehead atoms. The number of nitrogens with one attached hydrogen (secondary N) is 1. The van der Waals surface area contributed by atoms with Crippen molar-refractivity contribution < 1.29 is 8.81 Å². The van der Waals surface area contributed by atoms with Gasteiger partial charge in [-0.3, -0.25) is 0 Å². The Balaban J connectivity index is 2.01. The molecule has 0 saturated heterocycles. The van der Waals surface area contributed by atoms with E-state index in [1.165, 1.54) is 12.1 Å². The summed E-state index contributed by atoms with van der Waals surface area (Å²) in [6.07, 6.45) is 5.21. The van der Waals surface area contributed by atoms with E-state index in [0.29, 0.717) is 0 Å². The van der Waals surface area contributed by atoms with Gasteiger partial charge in [-0.1, -0.05) is 6.07 Å². The standard InChI is InChI=1S/C16H16FN3O/c1-11-5-6-12(17)10-13(11)19-15(14-4-3-9-21-14)16-18-7-8-20(16)2/h3-10,15,19H,1-2H3. The Morgan fingerprint density at radius 3 is 2.86 bits per heavy atom. The highest BCUT2D eigenvalue weighted by Gasteiger charge is 2.21. The molecule has 0 aliphatic heterocycles. The van der Waals surface area contributed by atoms with Gasteiger partial charge in [0.05, 0.1) is 6.26 Å². The lowest BCUT2D eigenvalue weighted by atomic mass is 10.1. The van der Waals surface area contributed by atoms with E-state index in [2.05, 4.69) is 10.3 Å². The molecular weight excluding hydrogens is 269 g/mol. The average molecular weight is 285 g/mol. The van der Waals surface area contributed by atoms with Gasteiger partial charge in [0.2, 0.25) is 0 Å². The fraction of sp³-hybridized carbons (Fsp3) is 0.188. The zero-order valence-electron chi connectivity index (χ0n) is 11.9. The molecule has 0 saturated carbocycles. The second-order valence-electron chi connectivity index (χ2n) is 4.95. The second-order valence-corrected chi connectivity index (χ2v) is 4.95.